The fourth-order valence-corrected chi connectivity index (χ4v) is 5.72. The van der Waals surface area contributed by atoms with E-state index in [9.17, 15) is 4.79 Å². The number of rotatable bonds is 9. The summed E-state index contributed by atoms with van der Waals surface area (Å²) in [6.07, 6.45) is 2.55. The van der Waals surface area contributed by atoms with E-state index in [1.54, 1.807) is 0 Å². The van der Waals surface area contributed by atoms with Gasteiger partial charge in [-0.1, -0.05) is 0 Å². The predicted octanol–water partition coefficient (Wildman–Crippen LogP) is 4.11. The monoisotopic (exact) mass is 602 g/mol. The van der Waals surface area contributed by atoms with Crippen molar-refractivity contribution in [3.05, 3.63) is 48.5 Å². The molecule has 44 heavy (non-hydrogen) atoms. The summed E-state index contributed by atoms with van der Waals surface area (Å²) < 4.78 is 17.2. The second kappa shape index (κ2) is 14.2. The Morgan fingerprint density at radius 1 is 0.795 bits per heavy atom. The summed E-state index contributed by atoms with van der Waals surface area (Å²) in [6.45, 7) is 12.1. The highest BCUT2D eigenvalue weighted by Gasteiger charge is 2.27. The van der Waals surface area contributed by atoms with Crippen LogP contribution in [0, 0.1) is 0 Å². The zero-order chi connectivity index (χ0) is 30.3. The molecule has 2 atom stereocenters. The van der Waals surface area contributed by atoms with Crippen LogP contribution in [0.5, 0.6) is 5.75 Å². The molecular formula is C32H42N8O4. The van der Waals surface area contributed by atoms with Gasteiger partial charge in [0.25, 0.3) is 0 Å². The first kappa shape index (κ1) is 30.0. The number of ether oxygens (including phenoxy) is 3. The first-order valence-electron chi connectivity index (χ1n) is 15.6. The van der Waals surface area contributed by atoms with Gasteiger partial charge in [0.1, 0.15) is 12.4 Å². The third kappa shape index (κ3) is 7.55. The van der Waals surface area contributed by atoms with Gasteiger partial charge in [0.05, 0.1) is 38.5 Å². The van der Waals surface area contributed by atoms with Crippen molar-refractivity contribution in [3.63, 3.8) is 0 Å². The van der Waals surface area contributed by atoms with E-state index in [0.29, 0.717) is 62.1 Å². The molecule has 2 aromatic carbocycles. The summed E-state index contributed by atoms with van der Waals surface area (Å²) in [4.78, 5) is 34.1. The number of hydrogen-bond donors (Lipinski definition) is 2. The SMILES string of the molecule is CC1COCCN1c1nc(-c2ccc(NC(=O)Nc3ccc(OCCN4CCCC4)cc3)cc2)nc(N2CCOCC2C)n1. The van der Waals surface area contributed by atoms with Crippen LogP contribution in [0.25, 0.3) is 11.4 Å². The third-order valence-corrected chi connectivity index (χ3v) is 8.25. The molecule has 0 radical (unpaired) electrons. The Kier molecular flexibility index (Phi) is 9.69. The van der Waals surface area contributed by atoms with Gasteiger partial charge in [-0.2, -0.15) is 15.0 Å². The summed E-state index contributed by atoms with van der Waals surface area (Å²) in [5.41, 5.74) is 2.18. The van der Waals surface area contributed by atoms with Gasteiger partial charge in [-0.15, -0.1) is 0 Å². The molecule has 2 unspecified atom stereocenters. The van der Waals surface area contributed by atoms with E-state index in [1.165, 1.54) is 12.8 Å². The molecule has 3 aromatic rings. The Balaban J connectivity index is 1.09. The molecule has 0 aliphatic carbocycles. The molecule has 234 valence electrons. The Bertz CT molecular complexity index is 1340. The first-order valence-corrected chi connectivity index (χ1v) is 15.6. The molecule has 3 saturated heterocycles. The number of urea groups is 1. The van der Waals surface area contributed by atoms with Crippen molar-refractivity contribution in [2.24, 2.45) is 0 Å². The highest BCUT2D eigenvalue weighted by molar-refractivity contribution is 5.99. The summed E-state index contributed by atoms with van der Waals surface area (Å²) in [7, 11) is 0. The molecule has 3 aliphatic heterocycles. The largest absolute Gasteiger partial charge is 0.492 e. The number of carbonyl (C=O) groups excluding carboxylic acids is 1. The number of morpholine rings is 2. The van der Waals surface area contributed by atoms with Gasteiger partial charge in [-0.05, 0) is 88.3 Å². The molecule has 0 spiro atoms. The van der Waals surface area contributed by atoms with Crippen LogP contribution in [0.4, 0.5) is 28.1 Å². The van der Waals surface area contributed by atoms with Crippen LogP contribution in [-0.4, -0.2) is 104 Å². The van der Waals surface area contributed by atoms with Gasteiger partial charge in [0, 0.05) is 36.6 Å². The van der Waals surface area contributed by atoms with Gasteiger partial charge in [-0.3, -0.25) is 4.90 Å². The molecule has 2 amide bonds. The van der Waals surface area contributed by atoms with Crippen molar-refractivity contribution in [2.75, 3.05) is 86.2 Å². The van der Waals surface area contributed by atoms with E-state index in [2.05, 4.69) is 39.2 Å². The fourth-order valence-electron chi connectivity index (χ4n) is 5.72. The van der Waals surface area contributed by atoms with Crippen LogP contribution in [0.2, 0.25) is 0 Å². The smallest absolute Gasteiger partial charge is 0.323 e. The van der Waals surface area contributed by atoms with Crippen LogP contribution >= 0.6 is 0 Å². The molecular weight excluding hydrogens is 560 g/mol. The molecule has 0 bridgehead atoms. The van der Waals surface area contributed by atoms with Crippen molar-refractivity contribution in [1.29, 1.82) is 0 Å². The summed E-state index contributed by atoms with van der Waals surface area (Å²) in [5, 5.41) is 5.79. The van der Waals surface area contributed by atoms with Crippen LogP contribution < -0.4 is 25.2 Å². The number of nitrogens with one attached hydrogen (secondary N) is 2. The molecule has 12 nitrogen and oxygen atoms in total. The Morgan fingerprint density at radius 3 is 1.89 bits per heavy atom. The molecule has 12 heteroatoms. The van der Waals surface area contributed by atoms with Crippen molar-refractivity contribution >= 4 is 29.3 Å². The van der Waals surface area contributed by atoms with E-state index < -0.39 is 0 Å². The number of carbonyl (C=O) groups is 1. The summed E-state index contributed by atoms with van der Waals surface area (Å²) in [6, 6.07) is 15.0. The summed E-state index contributed by atoms with van der Waals surface area (Å²) in [5.74, 6) is 2.66. The third-order valence-electron chi connectivity index (χ3n) is 8.25. The molecule has 0 saturated carbocycles. The molecule has 1 aromatic heterocycles. The standard InChI is InChI=1S/C32H42N8O4/c1-23-21-42-18-16-39(23)30-35-29(36-31(37-30)40-17-19-43-22-24(40)2)25-5-7-26(8-6-25)33-32(41)34-27-9-11-28(12-10-27)44-20-15-38-13-3-4-14-38/h5-12,23-24H,3-4,13-22H2,1-2H3,(H2,33,34,41). The number of likely N-dealkylation sites (tertiary alicyclic amines) is 1. The van der Waals surface area contributed by atoms with E-state index in [-0.39, 0.29) is 18.1 Å². The Labute approximate surface area is 258 Å². The number of hydrogen-bond acceptors (Lipinski definition) is 10. The Morgan fingerprint density at radius 2 is 1.34 bits per heavy atom. The zero-order valence-corrected chi connectivity index (χ0v) is 25.6. The van der Waals surface area contributed by atoms with E-state index in [4.69, 9.17) is 29.2 Å². The van der Waals surface area contributed by atoms with Crippen LogP contribution in [-0.2, 0) is 9.47 Å². The van der Waals surface area contributed by atoms with Gasteiger partial charge >= 0.3 is 6.03 Å². The number of benzene rings is 2. The maximum Gasteiger partial charge on any atom is 0.323 e. The highest BCUT2D eigenvalue weighted by Crippen LogP contribution is 2.26. The van der Waals surface area contributed by atoms with E-state index in [0.717, 1.165) is 44.0 Å². The first-order chi connectivity index (χ1) is 21.5. The minimum atomic E-state index is -0.326. The van der Waals surface area contributed by atoms with E-state index >= 15 is 0 Å². The number of amides is 2. The van der Waals surface area contributed by atoms with Crippen LogP contribution in [0.15, 0.2) is 48.5 Å². The van der Waals surface area contributed by atoms with Crippen LogP contribution in [0.1, 0.15) is 26.7 Å². The zero-order valence-electron chi connectivity index (χ0n) is 25.6. The Hall–Kier alpha value is -4.00. The maximum atomic E-state index is 12.7. The molecule has 6 rings (SSSR count). The van der Waals surface area contributed by atoms with Crippen molar-refractivity contribution in [1.82, 2.24) is 19.9 Å². The number of nitrogens with zero attached hydrogens (tertiary/aromatic N) is 6. The van der Waals surface area contributed by atoms with Gasteiger partial charge in [0.15, 0.2) is 5.82 Å². The molecule has 3 fully saturated rings. The second-order valence-corrected chi connectivity index (χ2v) is 11.6. The normalized spacial score (nSPS) is 20.9. The lowest BCUT2D eigenvalue weighted by atomic mass is 10.2. The average Bonchev–Trinajstić information content (AvgIpc) is 3.56. The molecule has 3 aliphatic rings. The van der Waals surface area contributed by atoms with Gasteiger partial charge in [-0.25, -0.2) is 4.79 Å². The highest BCUT2D eigenvalue weighted by atomic mass is 16.5. The quantitative estimate of drug-likeness (QED) is 0.371. The average molecular weight is 603 g/mol. The minimum Gasteiger partial charge on any atom is -0.492 e. The fraction of sp³-hybridized carbons (Fsp3) is 0.500. The minimum absolute atomic E-state index is 0.155. The lowest BCUT2D eigenvalue weighted by Crippen LogP contribution is -2.46. The van der Waals surface area contributed by atoms with Crippen molar-refractivity contribution < 1.29 is 19.0 Å². The van der Waals surface area contributed by atoms with Crippen molar-refractivity contribution in [2.45, 2.75) is 38.8 Å². The summed E-state index contributed by atoms with van der Waals surface area (Å²) >= 11 is 0. The van der Waals surface area contributed by atoms with Gasteiger partial charge in [0.2, 0.25) is 11.9 Å². The number of anilines is 4. The topological polar surface area (TPSA) is 117 Å². The maximum absolute atomic E-state index is 12.7. The molecule has 4 heterocycles. The van der Waals surface area contributed by atoms with Crippen LogP contribution in [0.3, 0.4) is 0 Å². The molecule has 2 N–H and O–H groups in total. The van der Waals surface area contributed by atoms with Gasteiger partial charge < -0.3 is 34.6 Å². The predicted molar refractivity (Wildman–Crippen MR) is 171 cm³/mol. The lowest BCUT2D eigenvalue weighted by molar-refractivity contribution is 0.0969. The number of aromatic nitrogens is 3. The second-order valence-electron chi connectivity index (χ2n) is 11.6. The van der Waals surface area contributed by atoms with Crippen molar-refractivity contribution in [3.8, 4) is 17.1 Å². The lowest BCUT2D eigenvalue weighted by Gasteiger charge is -2.36. The van der Waals surface area contributed by atoms with E-state index in [1.807, 2.05) is 48.5 Å².